The van der Waals surface area contributed by atoms with Gasteiger partial charge in [-0.1, -0.05) is 13.0 Å². The SMILES string of the molecule is CCC(Oc1ccc(C)c(C)c1)C(=O)Nc1cc(C(=O)OC)cc(C(=O)OC)c1. The summed E-state index contributed by atoms with van der Waals surface area (Å²) < 4.78 is 15.2. The number of carbonyl (C=O) groups excluding carboxylic acids is 3. The number of carbonyl (C=O) groups is 3. The normalized spacial score (nSPS) is 11.3. The van der Waals surface area contributed by atoms with Crippen LogP contribution in [0.4, 0.5) is 5.69 Å². The molecule has 0 bridgehead atoms. The standard InChI is InChI=1S/C22H25NO6/c1-6-19(29-18-8-7-13(2)14(3)9-18)20(24)23-17-11-15(21(25)27-4)10-16(12-17)22(26)28-5/h7-12,19H,6H2,1-5H3,(H,23,24). The van der Waals surface area contributed by atoms with Gasteiger partial charge in [0, 0.05) is 5.69 Å². The predicted molar refractivity (Wildman–Crippen MR) is 108 cm³/mol. The van der Waals surface area contributed by atoms with E-state index in [1.165, 1.54) is 32.4 Å². The van der Waals surface area contributed by atoms with Crippen LogP contribution in [-0.4, -0.2) is 38.2 Å². The third-order valence-electron chi connectivity index (χ3n) is 4.46. The summed E-state index contributed by atoms with van der Waals surface area (Å²) in [5, 5.41) is 2.70. The molecule has 2 aromatic rings. The topological polar surface area (TPSA) is 90.9 Å². The van der Waals surface area contributed by atoms with Crippen LogP contribution in [0, 0.1) is 13.8 Å². The van der Waals surface area contributed by atoms with E-state index >= 15 is 0 Å². The summed E-state index contributed by atoms with van der Waals surface area (Å²) in [5.74, 6) is -1.08. The van der Waals surface area contributed by atoms with Crippen molar-refractivity contribution in [3.63, 3.8) is 0 Å². The zero-order valence-electron chi connectivity index (χ0n) is 17.2. The van der Waals surface area contributed by atoms with Crippen LogP contribution in [-0.2, 0) is 14.3 Å². The second-order valence-electron chi connectivity index (χ2n) is 6.53. The van der Waals surface area contributed by atoms with Gasteiger partial charge in [0.15, 0.2) is 6.10 Å². The molecule has 0 saturated heterocycles. The summed E-state index contributed by atoms with van der Waals surface area (Å²) in [6, 6.07) is 9.82. The van der Waals surface area contributed by atoms with Gasteiger partial charge in [-0.05, 0) is 61.7 Å². The molecule has 0 aliphatic rings. The highest BCUT2D eigenvalue weighted by atomic mass is 16.5. The minimum atomic E-state index is -0.750. The molecule has 2 rings (SSSR count). The summed E-state index contributed by atoms with van der Waals surface area (Å²) in [6.07, 6.45) is -0.320. The summed E-state index contributed by atoms with van der Waals surface area (Å²) in [7, 11) is 2.46. The van der Waals surface area contributed by atoms with Crippen molar-refractivity contribution in [1.29, 1.82) is 0 Å². The minimum Gasteiger partial charge on any atom is -0.481 e. The number of esters is 2. The fraction of sp³-hybridized carbons (Fsp3) is 0.318. The summed E-state index contributed by atoms with van der Waals surface area (Å²) >= 11 is 0. The number of hydrogen-bond donors (Lipinski definition) is 1. The summed E-state index contributed by atoms with van der Waals surface area (Å²) in [5.41, 5.74) is 2.69. The van der Waals surface area contributed by atoms with E-state index in [0.29, 0.717) is 12.2 Å². The van der Waals surface area contributed by atoms with Crippen molar-refractivity contribution in [1.82, 2.24) is 0 Å². The van der Waals surface area contributed by atoms with Crippen molar-refractivity contribution >= 4 is 23.5 Å². The third kappa shape index (κ3) is 5.57. The Morgan fingerprint density at radius 3 is 1.97 bits per heavy atom. The van der Waals surface area contributed by atoms with Gasteiger partial charge in [-0.15, -0.1) is 0 Å². The molecule has 0 aromatic heterocycles. The van der Waals surface area contributed by atoms with E-state index in [2.05, 4.69) is 5.32 Å². The van der Waals surface area contributed by atoms with Crippen molar-refractivity contribution in [3.8, 4) is 5.75 Å². The molecule has 1 N–H and O–H groups in total. The molecule has 0 radical (unpaired) electrons. The van der Waals surface area contributed by atoms with E-state index < -0.39 is 23.9 Å². The minimum absolute atomic E-state index is 0.119. The zero-order chi connectivity index (χ0) is 21.6. The first kappa shape index (κ1) is 21.9. The Labute approximate surface area is 170 Å². The second kappa shape index (κ2) is 9.73. The van der Waals surface area contributed by atoms with Gasteiger partial charge in [0.25, 0.3) is 5.91 Å². The number of hydrogen-bond acceptors (Lipinski definition) is 6. The first-order chi connectivity index (χ1) is 13.8. The van der Waals surface area contributed by atoms with Gasteiger partial charge < -0.3 is 19.5 Å². The van der Waals surface area contributed by atoms with Gasteiger partial charge in [0.1, 0.15) is 5.75 Å². The van der Waals surface area contributed by atoms with E-state index in [0.717, 1.165) is 11.1 Å². The highest BCUT2D eigenvalue weighted by Gasteiger charge is 2.21. The van der Waals surface area contributed by atoms with Gasteiger partial charge in [0.05, 0.1) is 25.3 Å². The van der Waals surface area contributed by atoms with Gasteiger partial charge in [-0.2, -0.15) is 0 Å². The highest BCUT2D eigenvalue weighted by molar-refractivity contribution is 6.00. The number of aryl methyl sites for hydroxylation is 2. The Kier molecular flexibility index (Phi) is 7.36. The van der Waals surface area contributed by atoms with Crippen molar-refractivity contribution in [3.05, 3.63) is 58.7 Å². The molecule has 0 aliphatic heterocycles. The first-order valence-electron chi connectivity index (χ1n) is 9.15. The molecule has 1 unspecified atom stereocenters. The molecule has 2 aromatic carbocycles. The second-order valence-corrected chi connectivity index (χ2v) is 6.53. The van der Waals surface area contributed by atoms with Crippen molar-refractivity contribution in [2.75, 3.05) is 19.5 Å². The number of nitrogens with one attached hydrogen (secondary N) is 1. The lowest BCUT2D eigenvalue weighted by molar-refractivity contribution is -0.122. The zero-order valence-corrected chi connectivity index (χ0v) is 17.2. The van der Waals surface area contributed by atoms with Crippen molar-refractivity contribution < 1.29 is 28.6 Å². The fourth-order valence-corrected chi connectivity index (χ4v) is 2.67. The Morgan fingerprint density at radius 1 is 0.897 bits per heavy atom. The first-order valence-corrected chi connectivity index (χ1v) is 9.15. The quantitative estimate of drug-likeness (QED) is 0.715. The van der Waals surface area contributed by atoms with E-state index in [1.54, 1.807) is 0 Å². The molecular weight excluding hydrogens is 374 g/mol. The number of ether oxygens (including phenoxy) is 3. The summed E-state index contributed by atoms with van der Waals surface area (Å²) in [4.78, 5) is 36.5. The maximum atomic E-state index is 12.7. The van der Waals surface area contributed by atoms with E-state index in [4.69, 9.17) is 14.2 Å². The number of benzene rings is 2. The van der Waals surface area contributed by atoms with E-state index in [1.807, 2.05) is 39.0 Å². The molecular formula is C22H25NO6. The van der Waals surface area contributed by atoms with Crippen LogP contribution in [0.25, 0.3) is 0 Å². The lowest BCUT2D eigenvalue weighted by Crippen LogP contribution is -2.32. The maximum absolute atomic E-state index is 12.7. The Balaban J connectivity index is 2.25. The monoisotopic (exact) mass is 399 g/mol. The van der Waals surface area contributed by atoms with Gasteiger partial charge in [0.2, 0.25) is 0 Å². The molecule has 29 heavy (non-hydrogen) atoms. The maximum Gasteiger partial charge on any atom is 0.337 e. The molecule has 7 nitrogen and oxygen atoms in total. The predicted octanol–water partition coefficient (Wildman–Crippen LogP) is 3.67. The lowest BCUT2D eigenvalue weighted by Gasteiger charge is -2.18. The molecule has 0 heterocycles. The Bertz CT molecular complexity index is 887. The van der Waals surface area contributed by atoms with Gasteiger partial charge in [-0.3, -0.25) is 4.79 Å². The largest absolute Gasteiger partial charge is 0.481 e. The average Bonchev–Trinajstić information content (AvgIpc) is 2.72. The number of amides is 1. The van der Waals surface area contributed by atoms with Crippen LogP contribution in [0.2, 0.25) is 0 Å². The number of anilines is 1. The smallest absolute Gasteiger partial charge is 0.337 e. The van der Waals surface area contributed by atoms with E-state index in [9.17, 15) is 14.4 Å². The molecule has 0 spiro atoms. The summed E-state index contributed by atoms with van der Waals surface area (Å²) in [6.45, 7) is 5.79. The molecule has 0 aliphatic carbocycles. The molecule has 1 atom stereocenters. The van der Waals surface area contributed by atoms with Crippen LogP contribution in [0.3, 0.4) is 0 Å². The third-order valence-corrected chi connectivity index (χ3v) is 4.46. The van der Waals surface area contributed by atoms with Crippen molar-refractivity contribution in [2.24, 2.45) is 0 Å². The van der Waals surface area contributed by atoms with Crippen LogP contribution < -0.4 is 10.1 Å². The van der Waals surface area contributed by atoms with Crippen LogP contribution in [0.1, 0.15) is 45.2 Å². The van der Waals surface area contributed by atoms with Gasteiger partial charge in [-0.25, -0.2) is 9.59 Å². The number of methoxy groups -OCH3 is 2. The lowest BCUT2D eigenvalue weighted by atomic mass is 10.1. The van der Waals surface area contributed by atoms with E-state index in [-0.39, 0.29) is 16.8 Å². The fourth-order valence-electron chi connectivity index (χ4n) is 2.67. The Hall–Kier alpha value is -3.35. The molecule has 1 amide bonds. The molecule has 0 saturated carbocycles. The number of rotatable bonds is 7. The van der Waals surface area contributed by atoms with Gasteiger partial charge >= 0.3 is 11.9 Å². The average molecular weight is 399 g/mol. The van der Waals surface area contributed by atoms with Crippen LogP contribution in [0.5, 0.6) is 5.75 Å². The molecule has 0 fully saturated rings. The molecule has 154 valence electrons. The van der Waals surface area contributed by atoms with Crippen LogP contribution >= 0.6 is 0 Å². The highest BCUT2D eigenvalue weighted by Crippen LogP contribution is 2.21. The Morgan fingerprint density at radius 2 is 1.48 bits per heavy atom. The van der Waals surface area contributed by atoms with Crippen molar-refractivity contribution in [2.45, 2.75) is 33.3 Å². The van der Waals surface area contributed by atoms with Crippen LogP contribution in [0.15, 0.2) is 36.4 Å². The molecule has 7 heteroatoms.